The van der Waals surface area contributed by atoms with Crippen molar-refractivity contribution < 1.29 is 0 Å². The first kappa shape index (κ1) is 10.4. The van der Waals surface area contributed by atoms with Gasteiger partial charge in [-0.05, 0) is 18.4 Å². The number of hydrogen-bond acceptors (Lipinski definition) is 2. The third kappa shape index (κ3) is 2.45. The number of rotatable bonds is 4. The first-order valence-corrected chi connectivity index (χ1v) is 6.14. The number of aromatic nitrogens is 1. The van der Waals surface area contributed by atoms with Crippen LogP contribution in [0.2, 0.25) is 0 Å². The molecule has 77 valence electrons. The minimum Gasteiger partial charge on any atom is -0.238 e. The van der Waals surface area contributed by atoms with Crippen LogP contribution in [0.1, 0.15) is 25.5 Å². The van der Waals surface area contributed by atoms with Gasteiger partial charge in [0.15, 0.2) is 5.51 Å². The Hall–Kier alpha value is -1.15. The van der Waals surface area contributed by atoms with Crippen LogP contribution in [-0.4, -0.2) is 4.98 Å². The molecule has 0 saturated heterocycles. The Labute approximate surface area is 94.8 Å². The van der Waals surface area contributed by atoms with E-state index in [1.807, 2.05) is 6.07 Å². The second-order valence-corrected chi connectivity index (χ2v) is 4.35. The lowest BCUT2D eigenvalue weighted by Crippen LogP contribution is -1.87. The molecule has 0 unspecified atom stereocenters. The Morgan fingerprint density at radius 3 is 2.80 bits per heavy atom. The average Bonchev–Trinajstić information content (AvgIpc) is 2.75. The van der Waals surface area contributed by atoms with Crippen LogP contribution in [0.4, 0.5) is 0 Å². The monoisotopic (exact) mass is 216 g/mol. The molecule has 1 nitrogen and oxygen atoms in total. The predicted octanol–water partition coefficient (Wildman–Crippen LogP) is 3.95. The first-order valence-electron chi connectivity index (χ1n) is 5.33. The molecule has 0 fully saturated rings. The van der Waals surface area contributed by atoms with E-state index < -0.39 is 0 Å². The molecule has 2 rings (SSSR count). The van der Waals surface area contributed by atoms with Crippen LogP contribution >= 0.6 is 11.3 Å². The van der Waals surface area contributed by atoms with Gasteiger partial charge in [-0.1, -0.05) is 43.7 Å². The van der Waals surface area contributed by atoms with Crippen LogP contribution in [0, 0.1) is 5.51 Å². The Morgan fingerprint density at radius 1 is 1.27 bits per heavy atom. The Bertz CT molecular complexity index is 405. The van der Waals surface area contributed by atoms with Gasteiger partial charge in [-0.25, -0.2) is 4.98 Å². The van der Waals surface area contributed by atoms with Gasteiger partial charge >= 0.3 is 0 Å². The van der Waals surface area contributed by atoms with Crippen LogP contribution in [-0.2, 0) is 6.42 Å². The molecule has 1 aromatic carbocycles. The maximum atomic E-state index is 4.32. The largest absolute Gasteiger partial charge is 0.238 e. The van der Waals surface area contributed by atoms with Crippen LogP contribution in [0.5, 0.6) is 0 Å². The molecule has 2 aromatic rings. The normalized spacial score (nSPS) is 10.5. The highest BCUT2D eigenvalue weighted by Gasteiger charge is 2.07. The van der Waals surface area contributed by atoms with Crippen molar-refractivity contribution in [3.05, 3.63) is 41.5 Å². The molecule has 0 spiro atoms. The molecular weight excluding hydrogens is 202 g/mol. The summed E-state index contributed by atoms with van der Waals surface area (Å²) < 4.78 is 0. The molecule has 0 aliphatic heterocycles. The maximum absolute atomic E-state index is 4.32. The maximum Gasteiger partial charge on any atom is 0.153 e. The van der Waals surface area contributed by atoms with Crippen molar-refractivity contribution in [3.8, 4) is 10.4 Å². The number of aryl methyl sites for hydroxylation is 1. The minimum atomic E-state index is 1.07. The summed E-state index contributed by atoms with van der Waals surface area (Å²) >= 11 is 1.62. The molecule has 2 heteroatoms. The van der Waals surface area contributed by atoms with E-state index in [0.717, 1.165) is 6.42 Å². The summed E-state index contributed by atoms with van der Waals surface area (Å²) in [5.74, 6) is 0. The highest BCUT2D eigenvalue weighted by Crippen LogP contribution is 2.27. The fraction of sp³-hybridized carbons (Fsp3) is 0.308. The third-order valence-corrected chi connectivity index (χ3v) is 3.25. The standard InChI is InChI=1S/C13H14NS/c1-2-3-9-12-13(15-10-14-12)11-7-5-4-6-8-11/h4-8H,2-3,9H2,1H3. The van der Waals surface area contributed by atoms with E-state index in [4.69, 9.17) is 0 Å². The van der Waals surface area contributed by atoms with Crippen LogP contribution in [0.25, 0.3) is 10.4 Å². The molecule has 0 N–H and O–H groups in total. The van der Waals surface area contributed by atoms with Gasteiger partial charge in [0.2, 0.25) is 0 Å². The zero-order valence-electron chi connectivity index (χ0n) is 8.86. The molecule has 0 bridgehead atoms. The van der Waals surface area contributed by atoms with Crippen molar-refractivity contribution in [1.29, 1.82) is 0 Å². The summed E-state index contributed by atoms with van der Waals surface area (Å²) in [7, 11) is 0. The minimum absolute atomic E-state index is 1.07. The zero-order valence-corrected chi connectivity index (χ0v) is 9.68. The molecule has 1 aromatic heterocycles. The van der Waals surface area contributed by atoms with Gasteiger partial charge in [-0.15, -0.1) is 11.3 Å². The van der Waals surface area contributed by atoms with Gasteiger partial charge in [0, 0.05) is 0 Å². The van der Waals surface area contributed by atoms with E-state index in [1.165, 1.54) is 29.0 Å². The van der Waals surface area contributed by atoms with E-state index >= 15 is 0 Å². The second-order valence-electron chi connectivity index (χ2n) is 3.55. The Morgan fingerprint density at radius 2 is 2.07 bits per heavy atom. The molecule has 15 heavy (non-hydrogen) atoms. The lowest BCUT2D eigenvalue weighted by Gasteiger charge is -2.01. The van der Waals surface area contributed by atoms with E-state index in [2.05, 4.69) is 41.7 Å². The summed E-state index contributed by atoms with van der Waals surface area (Å²) in [6.45, 7) is 2.21. The van der Waals surface area contributed by atoms with E-state index in [-0.39, 0.29) is 0 Å². The number of benzene rings is 1. The molecule has 0 saturated carbocycles. The number of thiazole rings is 1. The fourth-order valence-corrected chi connectivity index (χ4v) is 2.33. The number of hydrogen-bond donors (Lipinski definition) is 0. The van der Waals surface area contributed by atoms with Crippen molar-refractivity contribution in [1.82, 2.24) is 4.98 Å². The Kier molecular flexibility index (Phi) is 3.51. The Balaban J connectivity index is 2.25. The summed E-state index contributed by atoms with van der Waals surface area (Å²) in [5, 5.41) is 0. The lowest BCUT2D eigenvalue weighted by atomic mass is 10.1. The zero-order chi connectivity index (χ0) is 10.5. The molecule has 0 amide bonds. The smallest absolute Gasteiger partial charge is 0.153 e. The number of nitrogens with zero attached hydrogens (tertiary/aromatic N) is 1. The lowest BCUT2D eigenvalue weighted by molar-refractivity contribution is 0.782. The van der Waals surface area contributed by atoms with Crippen LogP contribution in [0.15, 0.2) is 30.3 Å². The van der Waals surface area contributed by atoms with Gasteiger partial charge in [0.05, 0.1) is 10.6 Å². The molecule has 1 radical (unpaired) electrons. The van der Waals surface area contributed by atoms with Gasteiger partial charge in [0.25, 0.3) is 0 Å². The van der Waals surface area contributed by atoms with Crippen LogP contribution in [0.3, 0.4) is 0 Å². The summed E-state index contributed by atoms with van der Waals surface area (Å²) in [6.07, 6.45) is 3.49. The molecule has 0 aliphatic rings. The van der Waals surface area contributed by atoms with Gasteiger partial charge < -0.3 is 0 Å². The second kappa shape index (κ2) is 5.08. The van der Waals surface area contributed by atoms with Crippen molar-refractivity contribution in [2.75, 3.05) is 0 Å². The molecule has 0 aliphatic carbocycles. The summed E-state index contributed by atoms with van der Waals surface area (Å²) in [4.78, 5) is 5.61. The van der Waals surface area contributed by atoms with Gasteiger partial charge in [-0.2, -0.15) is 0 Å². The predicted molar refractivity (Wildman–Crippen MR) is 65.0 cm³/mol. The van der Waals surface area contributed by atoms with E-state index in [9.17, 15) is 0 Å². The number of unbranched alkanes of at least 4 members (excludes halogenated alkanes) is 1. The molecular formula is C13H14NS. The average molecular weight is 216 g/mol. The van der Waals surface area contributed by atoms with Crippen molar-refractivity contribution in [3.63, 3.8) is 0 Å². The quantitative estimate of drug-likeness (QED) is 0.754. The third-order valence-electron chi connectivity index (χ3n) is 2.39. The molecule has 1 heterocycles. The highest BCUT2D eigenvalue weighted by molar-refractivity contribution is 7.13. The highest BCUT2D eigenvalue weighted by atomic mass is 32.1. The topological polar surface area (TPSA) is 12.9 Å². The fourth-order valence-electron chi connectivity index (χ4n) is 1.56. The SMILES string of the molecule is CCCCc1n[c]sc1-c1ccccc1. The van der Waals surface area contributed by atoms with Crippen molar-refractivity contribution in [2.45, 2.75) is 26.2 Å². The van der Waals surface area contributed by atoms with E-state index in [0.29, 0.717) is 0 Å². The molecule has 0 atom stereocenters. The first-order chi connectivity index (χ1) is 7.42. The van der Waals surface area contributed by atoms with Gasteiger partial charge in [0.1, 0.15) is 0 Å². The van der Waals surface area contributed by atoms with Crippen LogP contribution < -0.4 is 0 Å². The summed E-state index contributed by atoms with van der Waals surface area (Å²) in [6, 6.07) is 10.4. The van der Waals surface area contributed by atoms with Crippen molar-refractivity contribution >= 4 is 11.3 Å². The summed E-state index contributed by atoms with van der Waals surface area (Å²) in [5.41, 5.74) is 5.47. The van der Waals surface area contributed by atoms with Crippen molar-refractivity contribution in [2.24, 2.45) is 0 Å². The van der Waals surface area contributed by atoms with Gasteiger partial charge in [-0.3, -0.25) is 0 Å². The van der Waals surface area contributed by atoms with E-state index in [1.54, 1.807) is 11.3 Å².